The predicted molar refractivity (Wildman–Crippen MR) is 48.4 cm³/mol. The summed E-state index contributed by atoms with van der Waals surface area (Å²) in [5.74, 6) is -0.414. The zero-order valence-electron chi connectivity index (χ0n) is 6.97. The molecule has 0 radical (unpaired) electrons. The monoisotopic (exact) mass is 175 g/mol. The predicted octanol–water partition coefficient (Wildman–Crippen LogP) is 0.235. The van der Waals surface area contributed by atoms with Gasteiger partial charge in [0.25, 0.3) is 0 Å². The van der Waals surface area contributed by atoms with Gasteiger partial charge in [0, 0.05) is 25.0 Å². The molecule has 1 amide bonds. The summed E-state index contributed by atoms with van der Waals surface area (Å²) in [7, 11) is 0. The molecule has 2 heterocycles. The molecule has 2 N–H and O–H groups in total. The lowest BCUT2D eigenvalue weighted by Gasteiger charge is -2.16. The van der Waals surface area contributed by atoms with Crippen molar-refractivity contribution in [2.75, 3.05) is 0 Å². The Morgan fingerprint density at radius 3 is 3.23 bits per heavy atom. The molecule has 4 heteroatoms. The normalized spacial score (nSPS) is 19.5. The van der Waals surface area contributed by atoms with E-state index in [0.717, 1.165) is 17.5 Å². The second-order valence-corrected chi connectivity index (χ2v) is 2.92. The number of nitrogens with two attached hydrogens (primary N) is 1. The first kappa shape index (κ1) is 7.91. The van der Waals surface area contributed by atoms with Gasteiger partial charge in [-0.3, -0.25) is 14.8 Å². The van der Waals surface area contributed by atoms with Crippen molar-refractivity contribution in [2.24, 2.45) is 10.7 Å². The van der Waals surface area contributed by atoms with Gasteiger partial charge < -0.3 is 5.73 Å². The van der Waals surface area contributed by atoms with Crippen LogP contribution in [-0.4, -0.2) is 17.1 Å². The fourth-order valence-electron chi connectivity index (χ4n) is 1.44. The van der Waals surface area contributed by atoms with E-state index < -0.39 is 11.9 Å². The topological polar surface area (TPSA) is 68.3 Å². The third-order valence-corrected chi connectivity index (χ3v) is 2.07. The molecule has 1 aliphatic rings. The summed E-state index contributed by atoms with van der Waals surface area (Å²) >= 11 is 0. The molecule has 1 aliphatic heterocycles. The van der Waals surface area contributed by atoms with Crippen LogP contribution in [0.15, 0.2) is 23.5 Å². The largest absolute Gasteiger partial charge is 0.368 e. The maximum absolute atomic E-state index is 11.0. The number of primary amides is 1. The Morgan fingerprint density at radius 1 is 1.62 bits per heavy atom. The van der Waals surface area contributed by atoms with Crippen LogP contribution in [0.25, 0.3) is 0 Å². The van der Waals surface area contributed by atoms with Crippen LogP contribution in [0.3, 0.4) is 0 Å². The molecule has 0 spiro atoms. The molecule has 2 rings (SSSR count). The fourth-order valence-corrected chi connectivity index (χ4v) is 1.44. The Balaban J connectivity index is 2.48. The van der Waals surface area contributed by atoms with E-state index in [-0.39, 0.29) is 0 Å². The fraction of sp³-hybridized carbons (Fsp3) is 0.222. The molecule has 0 aliphatic carbocycles. The Bertz CT molecular complexity index is 373. The smallest absolute Gasteiger partial charge is 0.246 e. The number of nitrogens with zero attached hydrogens (tertiary/aromatic N) is 2. The second kappa shape index (κ2) is 2.97. The Morgan fingerprint density at radius 2 is 2.46 bits per heavy atom. The van der Waals surface area contributed by atoms with Crippen molar-refractivity contribution in [3.8, 4) is 0 Å². The van der Waals surface area contributed by atoms with Crippen LogP contribution >= 0.6 is 0 Å². The van der Waals surface area contributed by atoms with E-state index in [4.69, 9.17) is 5.73 Å². The minimum atomic E-state index is -0.522. The first-order chi connectivity index (χ1) is 6.29. The van der Waals surface area contributed by atoms with Gasteiger partial charge in [-0.1, -0.05) is 0 Å². The van der Waals surface area contributed by atoms with E-state index in [1.165, 1.54) is 0 Å². The van der Waals surface area contributed by atoms with Crippen molar-refractivity contribution < 1.29 is 4.79 Å². The number of carbonyl (C=O) groups is 1. The minimum absolute atomic E-state index is 0.414. The highest BCUT2D eigenvalue weighted by molar-refractivity contribution is 5.85. The van der Waals surface area contributed by atoms with Crippen molar-refractivity contribution in [2.45, 2.75) is 12.5 Å². The molecule has 13 heavy (non-hydrogen) atoms. The minimum Gasteiger partial charge on any atom is -0.368 e. The van der Waals surface area contributed by atoms with Crippen LogP contribution in [0.1, 0.15) is 17.2 Å². The van der Waals surface area contributed by atoms with Gasteiger partial charge in [0.2, 0.25) is 5.91 Å². The van der Waals surface area contributed by atoms with Gasteiger partial charge in [-0.15, -0.1) is 0 Å². The number of hydrogen-bond acceptors (Lipinski definition) is 3. The van der Waals surface area contributed by atoms with E-state index in [1.54, 1.807) is 24.7 Å². The summed E-state index contributed by atoms with van der Waals surface area (Å²) in [4.78, 5) is 19.0. The van der Waals surface area contributed by atoms with Gasteiger partial charge >= 0.3 is 0 Å². The van der Waals surface area contributed by atoms with Gasteiger partial charge in [-0.25, -0.2) is 0 Å². The highest BCUT2D eigenvalue weighted by Crippen LogP contribution is 2.23. The maximum Gasteiger partial charge on any atom is 0.246 e. The number of rotatable bonds is 1. The summed E-state index contributed by atoms with van der Waals surface area (Å²) in [6.45, 7) is 0. The number of fused-ring (bicyclic) bond motifs is 1. The molecule has 66 valence electrons. The first-order valence-corrected chi connectivity index (χ1v) is 4.03. The average molecular weight is 175 g/mol. The molecule has 1 aromatic rings. The first-order valence-electron chi connectivity index (χ1n) is 4.03. The number of pyridine rings is 1. The Labute approximate surface area is 75.5 Å². The molecule has 0 saturated carbocycles. The standard InChI is InChI=1S/C9H9N3O/c10-9(13)8-7-2-3-11-5-6(7)1-4-12-8/h2-5,8H,1H2,(H2,10,13). The second-order valence-electron chi connectivity index (χ2n) is 2.92. The number of aromatic nitrogens is 1. The van der Waals surface area contributed by atoms with E-state index in [1.807, 2.05) is 0 Å². The lowest BCUT2D eigenvalue weighted by Crippen LogP contribution is -2.23. The summed E-state index contributed by atoms with van der Waals surface area (Å²) in [6.07, 6.45) is 5.83. The average Bonchev–Trinajstić information content (AvgIpc) is 2.17. The van der Waals surface area contributed by atoms with Gasteiger partial charge in [-0.05, 0) is 17.2 Å². The lowest BCUT2D eigenvalue weighted by atomic mass is 9.98. The van der Waals surface area contributed by atoms with Crippen molar-refractivity contribution in [1.29, 1.82) is 0 Å². The van der Waals surface area contributed by atoms with E-state index >= 15 is 0 Å². The molecule has 1 unspecified atom stereocenters. The van der Waals surface area contributed by atoms with Crippen LogP contribution in [-0.2, 0) is 11.2 Å². The van der Waals surface area contributed by atoms with Crippen LogP contribution in [0.4, 0.5) is 0 Å². The van der Waals surface area contributed by atoms with Crippen LogP contribution in [0.2, 0.25) is 0 Å². The van der Waals surface area contributed by atoms with E-state index in [2.05, 4.69) is 9.98 Å². The highest BCUT2D eigenvalue weighted by atomic mass is 16.1. The number of hydrogen-bond donors (Lipinski definition) is 1. The molecular formula is C9H9N3O. The lowest BCUT2D eigenvalue weighted by molar-refractivity contribution is -0.119. The number of aliphatic imine (C=N–C) groups is 1. The summed E-state index contributed by atoms with van der Waals surface area (Å²) < 4.78 is 0. The van der Waals surface area contributed by atoms with Gasteiger partial charge in [0.05, 0.1) is 0 Å². The van der Waals surface area contributed by atoms with Crippen molar-refractivity contribution in [1.82, 2.24) is 4.98 Å². The zero-order valence-corrected chi connectivity index (χ0v) is 6.97. The molecule has 1 aromatic heterocycles. The Kier molecular flexibility index (Phi) is 1.81. The van der Waals surface area contributed by atoms with Crippen molar-refractivity contribution in [3.63, 3.8) is 0 Å². The highest BCUT2D eigenvalue weighted by Gasteiger charge is 2.21. The molecule has 4 nitrogen and oxygen atoms in total. The van der Waals surface area contributed by atoms with Gasteiger partial charge in [0.1, 0.15) is 0 Å². The molecule has 0 fully saturated rings. The zero-order chi connectivity index (χ0) is 9.26. The molecule has 0 aromatic carbocycles. The SMILES string of the molecule is NC(=O)C1N=CCc2cnccc21. The van der Waals surface area contributed by atoms with Crippen LogP contribution in [0.5, 0.6) is 0 Å². The quantitative estimate of drug-likeness (QED) is 0.664. The van der Waals surface area contributed by atoms with E-state index in [0.29, 0.717) is 0 Å². The van der Waals surface area contributed by atoms with Crippen LogP contribution < -0.4 is 5.73 Å². The number of amides is 1. The van der Waals surface area contributed by atoms with Gasteiger partial charge in [-0.2, -0.15) is 0 Å². The summed E-state index contributed by atoms with van der Waals surface area (Å²) in [6, 6.07) is 1.27. The van der Waals surface area contributed by atoms with Gasteiger partial charge in [0.15, 0.2) is 6.04 Å². The molecule has 0 bridgehead atoms. The third-order valence-electron chi connectivity index (χ3n) is 2.07. The molecule has 1 atom stereocenters. The van der Waals surface area contributed by atoms with Crippen molar-refractivity contribution >= 4 is 12.1 Å². The van der Waals surface area contributed by atoms with Crippen molar-refractivity contribution in [3.05, 3.63) is 29.6 Å². The van der Waals surface area contributed by atoms with Crippen LogP contribution in [0, 0.1) is 0 Å². The molecular weight excluding hydrogens is 166 g/mol. The number of carbonyl (C=O) groups excluding carboxylic acids is 1. The summed E-state index contributed by atoms with van der Waals surface area (Å²) in [5, 5.41) is 0. The molecule has 0 saturated heterocycles. The third kappa shape index (κ3) is 1.30. The maximum atomic E-state index is 11.0. The van der Waals surface area contributed by atoms with E-state index in [9.17, 15) is 4.79 Å². The summed E-state index contributed by atoms with van der Waals surface area (Å²) in [5.41, 5.74) is 7.12. The Hall–Kier alpha value is -1.71.